The first-order valence-electron chi connectivity index (χ1n) is 15.5. The Bertz CT molecular complexity index is 2190. The molecule has 2 aliphatic rings. The van der Waals surface area contributed by atoms with Crippen LogP contribution in [0.25, 0.3) is 46.3 Å². The summed E-state index contributed by atoms with van der Waals surface area (Å²) in [4.78, 5) is 15.1. The highest BCUT2D eigenvalue weighted by Gasteiger charge is 2.47. The lowest BCUT2D eigenvalue weighted by Crippen LogP contribution is -2.35. The fraction of sp³-hybridized carbons (Fsp3) is 0.0238. The van der Waals surface area contributed by atoms with Gasteiger partial charge in [0.05, 0.1) is 5.41 Å². The number of ether oxygens (including phenoxy) is 1. The van der Waals surface area contributed by atoms with Crippen molar-refractivity contribution in [3.05, 3.63) is 185 Å². The predicted molar refractivity (Wildman–Crippen MR) is 183 cm³/mol. The van der Waals surface area contributed by atoms with Gasteiger partial charge in [-0.05, 0) is 40.5 Å². The van der Waals surface area contributed by atoms with Gasteiger partial charge in [0.15, 0.2) is 17.5 Å². The molecule has 0 atom stereocenters. The van der Waals surface area contributed by atoms with Crippen LogP contribution in [0.15, 0.2) is 152 Å². The van der Waals surface area contributed by atoms with E-state index in [9.17, 15) is 0 Å². The fourth-order valence-electron chi connectivity index (χ4n) is 6.99. The van der Waals surface area contributed by atoms with Crippen LogP contribution < -0.4 is 4.74 Å². The molecule has 0 saturated heterocycles. The van der Waals surface area contributed by atoms with E-state index in [-0.39, 0.29) is 0 Å². The van der Waals surface area contributed by atoms with Crippen molar-refractivity contribution in [2.75, 3.05) is 0 Å². The molecular formula is C42H27N3O. The molecule has 46 heavy (non-hydrogen) atoms. The summed E-state index contributed by atoms with van der Waals surface area (Å²) >= 11 is 0. The topological polar surface area (TPSA) is 47.9 Å². The van der Waals surface area contributed by atoms with E-state index in [1.54, 1.807) is 0 Å². The van der Waals surface area contributed by atoms with Gasteiger partial charge in [-0.2, -0.15) is 0 Å². The van der Waals surface area contributed by atoms with Gasteiger partial charge in [-0.25, -0.2) is 15.0 Å². The zero-order valence-corrected chi connectivity index (χ0v) is 24.8. The second kappa shape index (κ2) is 10.5. The van der Waals surface area contributed by atoms with E-state index < -0.39 is 5.41 Å². The lowest BCUT2D eigenvalue weighted by molar-refractivity contribution is 0.434. The summed E-state index contributed by atoms with van der Waals surface area (Å²) in [6.45, 7) is 0. The molecule has 9 rings (SSSR count). The molecule has 0 bridgehead atoms. The van der Waals surface area contributed by atoms with Crippen molar-refractivity contribution in [3.8, 4) is 45.7 Å². The first-order valence-corrected chi connectivity index (χ1v) is 15.5. The van der Waals surface area contributed by atoms with E-state index in [1.165, 1.54) is 11.1 Å². The molecule has 0 radical (unpaired) electrons. The van der Waals surface area contributed by atoms with Crippen molar-refractivity contribution in [3.63, 3.8) is 0 Å². The lowest BCUT2D eigenvalue weighted by atomic mass is 9.62. The molecule has 0 amide bonds. The van der Waals surface area contributed by atoms with Gasteiger partial charge in [0, 0.05) is 27.8 Å². The minimum atomic E-state index is -0.644. The third-order valence-corrected chi connectivity index (χ3v) is 9.02. The molecule has 4 heteroatoms. The highest BCUT2D eigenvalue weighted by molar-refractivity contribution is 5.85. The van der Waals surface area contributed by atoms with Crippen LogP contribution in [0, 0.1) is 0 Å². The predicted octanol–water partition coefficient (Wildman–Crippen LogP) is 9.84. The third-order valence-electron chi connectivity index (χ3n) is 9.02. The summed E-state index contributed by atoms with van der Waals surface area (Å²) in [5, 5.41) is 0. The molecule has 1 aliphatic heterocycles. The van der Waals surface area contributed by atoms with E-state index in [0.717, 1.165) is 50.4 Å². The summed E-state index contributed by atoms with van der Waals surface area (Å²) < 4.78 is 6.57. The zero-order valence-electron chi connectivity index (χ0n) is 24.8. The Balaban J connectivity index is 1.35. The fourth-order valence-corrected chi connectivity index (χ4v) is 6.99. The largest absolute Gasteiger partial charge is 0.457 e. The molecule has 0 fully saturated rings. The molecule has 216 valence electrons. The highest BCUT2D eigenvalue weighted by atomic mass is 16.5. The highest BCUT2D eigenvalue weighted by Crippen LogP contribution is 2.57. The van der Waals surface area contributed by atoms with Crippen LogP contribution in [0.3, 0.4) is 0 Å². The van der Waals surface area contributed by atoms with Crippen molar-refractivity contribution < 1.29 is 4.74 Å². The summed E-state index contributed by atoms with van der Waals surface area (Å²) in [6, 6.07) is 52.3. The molecule has 2 heterocycles. The third kappa shape index (κ3) is 4.04. The van der Waals surface area contributed by atoms with Crippen LogP contribution in [-0.4, -0.2) is 15.0 Å². The Morgan fingerprint density at radius 1 is 0.370 bits per heavy atom. The van der Waals surface area contributed by atoms with Gasteiger partial charge >= 0.3 is 0 Å². The number of fused-ring (bicyclic) bond motifs is 8. The normalized spacial score (nSPS) is 13.5. The molecule has 1 spiro atoms. The monoisotopic (exact) mass is 589 g/mol. The number of nitrogens with zero attached hydrogens (tertiary/aromatic N) is 3. The van der Waals surface area contributed by atoms with Crippen molar-refractivity contribution in [1.29, 1.82) is 0 Å². The second-order valence-electron chi connectivity index (χ2n) is 11.6. The maximum Gasteiger partial charge on any atom is 0.164 e. The number of aromatic nitrogens is 3. The first kappa shape index (κ1) is 26.3. The van der Waals surface area contributed by atoms with Crippen LogP contribution in [0.4, 0.5) is 0 Å². The van der Waals surface area contributed by atoms with Crippen LogP contribution in [0.2, 0.25) is 0 Å². The van der Waals surface area contributed by atoms with Gasteiger partial charge in [-0.3, -0.25) is 0 Å². The number of hydrogen-bond donors (Lipinski definition) is 0. The number of hydrogen-bond acceptors (Lipinski definition) is 4. The molecule has 0 unspecified atom stereocenters. The SMILES string of the molecule is C1=Cc2ccc(-c3nc(-c4ccccc4)nc(-c4ccccc4)n3)cc2C2(c3ccccc31)c1ccccc1Oc1ccccc12. The van der Waals surface area contributed by atoms with E-state index in [1.807, 2.05) is 72.8 Å². The molecule has 4 nitrogen and oxygen atoms in total. The molecule has 0 N–H and O–H groups in total. The van der Waals surface area contributed by atoms with Crippen LogP contribution in [0.5, 0.6) is 11.5 Å². The second-order valence-corrected chi connectivity index (χ2v) is 11.6. The molecule has 1 aromatic heterocycles. The maximum atomic E-state index is 6.57. The summed E-state index contributed by atoms with van der Waals surface area (Å²) in [5.41, 5.74) is 9.03. The molecule has 6 aromatic carbocycles. The molecule has 7 aromatic rings. The number of para-hydroxylation sites is 2. The Morgan fingerprint density at radius 3 is 1.41 bits per heavy atom. The quantitative estimate of drug-likeness (QED) is 0.206. The Morgan fingerprint density at radius 2 is 0.826 bits per heavy atom. The van der Waals surface area contributed by atoms with E-state index in [4.69, 9.17) is 19.7 Å². The number of rotatable bonds is 3. The van der Waals surface area contributed by atoms with E-state index in [0.29, 0.717) is 17.5 Å². The van der Waals surface area contributed by atoms with Gasteiger partial charge in [0.25, 0.3) is 0 Å². The lowest BCUT2D eigenvalue weighted by Gasteiger charge is -2.42. The average Bonchev–Trinajstić information content (AvgIpc) is 3.27. The smallest absolute Gasteiger partial charge is 0.164 e. The number of benzene rings is 6. The zero-order chi connectivity index (χ0) is 30.5. The summed E-state index contributed by atoms with van der Waals surface area (Å²) in [5.74, 6) is 3.61. The first-order chi connectivity index (χ1) is 22.8. The minimum Gasteiger partial charge on any atom is -0.457 e. The molecular weight excluding hydrogens is 562 g/mol. The van der Waals surface area contributed by atoms with E-state index >= 15 is 0 Å². The van der Waals surface area contributed by atoms with Crippen molar-refractivity contribution >= 4 is 12.2 Å². The Hall–Kier alpha value is -6.13. The van der Waals surface area contributed by atoms with E-state index in [2.05, 4.69) is 91.0 Å². The standard InChI is InChI=1S/C42H27N3O/c1-3-14-30(15-4-1)39-43-40(31-16-5-2-6-17-31)45-41(44-39)32-26-25-29-24-23-28-13-7-8-18-33(28)42(36(29)27-32)34-19-9-11-21-37(34)46-38-22-12-10-20-35(38)42/h1-27H. The van der Waals surface area contributed by atoms with Gasteiger partial charge in [-0.15, -0.1) is 0 Å². The van der Waals surface area contributed by atoms with Gasteiger partial charge in [-0.1, -0.05) is 146 Å². The van der Waals surface area contributed by atoms with Gasteiger partial charge in [0.1, 0.15) is 11.5 Å². The molecule has 1 aliphatic carbocycles. The summed E-state index contributed by atoms with van der Waals surface area (Å²) in [6.07, 6.45) is 4.46. The van der Waals surface area contributed by atoms with Crippen molar-refractivity contribution in [2.45, 2.75) is 5.41 Å². The van der Waals surface area contributed by atoms with Crippen LogP contribution in [0.1, 0.15) is 33.4 Å². The Kier molecular flexibility index (Phi) is 6.00. The molecule has 0 saturated carbocycles. The van der Waals surface area contributed by atoms with Crippen LogP contribution in [-0.2, 0) is 5.41 Å². The maximum absolute atomic E-state index is 6.57. The minimum absolute atomic E-state index is 0.626. The van der Waals surface area contributed by atoms with Crippen LogP contribution >= 0.6 is 0 Å². The van der Waals surface area contributed by atoms with Gasteiger partial charge < -0.3 is 4.74 Å². The summed E-state index contributed by atoms with van der Waals surface area (Å²) in [7, 11) is 0. The Labute approximate surface area is 267 Å². The van der Waals surface area contributed by atoms with Gasteiger partial charge in [0.2, 0.25) is 0 Å². The van der Waals surface area contributed by atoms with Crippen molar-refractivity contribution in [2.24, 2.45) is 0 Å². The average molecular weight is 590 g/mol. The van der Waals surface area contributed by atoms with Crippen molar-refractivity contribution in [1.82, 2.24) is 15.0 Å².